The van der Waals surface area contributed by atoms with Gasteiger partial charge in [-0.15, -0.1) is 0 Å². The summed E-state index contributed by atoms with van der Waals surface area (Å²) >= 11 is 6.99. The lowest BCUT2D eigenvalue weighted by Gasteiger charge is -2.10. The molecule has 0 aliphatic carbocycles. The van der Waals surface area contributed by atoms with E-state index in [4.69, 9.17) is 0 Å². The summed E-state index contributed by atoms with van der Waals surface area (Å²) in [6.07, 6.45) is 2.94. The lowest BCUT2D eigenvalue weighted by Crippen LogP contribution is -2.09. The van der Waals surface area contributed by atoms with Crippen molar-refractivity contribution in [2.45, 2.75) is 26.4 Å². The second-order valence-corrected chi connectivity index (χ2v) is 5.79. The number of hydrogen-bond donors (Lipinski definition) is 1. The van der Waals surface area contributed by atoms with E-state index in [1.165, 1.54) is 5.69 Å². The molecule has 0 spiro atoms. The van der Waals surface area contributed by atoms with Crippen LogP contribution >= 0.6 is 31.9 Å². The van der Waals surface area contributed by atoms with Crippen LogP contribution in [0.25, 0.3) is 0 Å². The number of aromatic nitrogens is 2. The van der Waals surface area contributed by atoms with E-state index in [0.717, 1.165) is 34.1 Å². The van der Waals surface area contributed by atoms with Crippen molar-refractivity contribution in [2.24, 2.45) is 0 Å². The van der Waals surface area contributed by atoms with Gasteiger partial charge < -0.3 is 5.32 Å². The molecule has 0 saturated heterocycles. The Morgan fingerprint density at radius 1 is 1.28 bits per heavy atom. The molecular weight excluding hydrogens is 358 g/mol. The van der Waals surface area contributed by atoms with Gasteiger partial charge in [-0.2, -0.15) is 5.10 Å². The summed E-state index contributed by atoms with van der Waals surface area (Å²) in [6.45, 7) is 3.90. The lowest BCUT2D eigenvalue weighted by molar-refractivity contribution is 0.578. The minimum atomic E-state index is 0.778. The quantitative estimate of drug-likeness (QED) is 0.841. The zero-order valence-corrected chi connectivity index (χ0v) is 13.3. The highest BCUT2D eigenvalue weighted by Gasteiger charge is 2.03. The number of halogens is 2. The molecule has 2 aromatic rings. The molecule has 5 heteroatoms. The Kier molecular flexibility index (Phi) is 4.83. The van der Waals surface area contributed by atoms with E-state index in [1.807, 2.05) is 23.0 Å². The molecule has 18 heavy (non-hydrogen) atoms. The first-order valence-corrected chi connectivity index (χ1v) is 7.49. The second-order valence-electron chi connectivity index (χ2n) is 4.02. The van der Waals surface area contributed by atoms with E-state index in [1.54, 1.807) is 0 Å². The highest BCUT2D eigenvalue weighted by atomic mass is 79.9. The molecule has 1 N–H and O–H groups in total. The Morgan fingerprint density at radius 3 is 2.83 bits per heavy atom. The van der Waals surface area contributed by atoms with Gasteiger partial charge in [0.1, 0.15) is 0 Å². The van der Waals surface area contributed by atoms with Gasteiger partial charge in [-0.3, -0.25) is 4.68 Å². The lowest BCUT2D eigenvalue weighted by atomic mass is 10.3. The molecule has 96 valence electrons. The van der Waals surface area contributed by atoms with Crippen LogP contribution in [-0.4, -0.2) is 9.78 Å². The van der Waals surface area contributed by atoms with Crippen LogP contribution in [0.2, 0.25) is 0 Å². The number of benzene rings is 1. The molecule has 0 unspecified atom stereocenters. The van der Waals surface area contributed by atoms with E-state index in [2.05, 4.69) is 61.3 Å². The Balaban J connectivity index is 2.04. The molecular formula is C13H15Br2N3. The van der Waals surface area contributed by atoms with Crippen molar-refractivity contribution in [2.75, 3.05) is 5.32 Å². The highest BCUT2D eigenvalue weighted by Crippen LogP contribution is 2.26. The fourth-order valence-electron chi connectivity index (χ4n) is 1.74. The molecule has 1 aromatic carbocycles. The molecule has 0 radical (unpaired) electrons. The molecule has 0 atom stereocenters. The Bertz CT molecular complexity index is 523. The summed E-state index contributed by atoms with van der Waals surface area (Å²) in [6, 6.07) is 8.16. The van der Waals surface area contributed by atoms with Crippen molar-refractivity contribution < 1.29 is 0 Å². The molecule has 0 amide bonds. The zero-order valence-electron chi connectivity index (χ0n) is 10.2. The van der Waals surface area contributed by atoms with E-state index in [-0.39, 0.29) is 0 Å². The van der Waals surface area contributed by atoms with Crippen LogP contribution in [0, 0.1) is 0 Å². The molecule has 0 aliphatic heterocycles. The number of rotatable bonds is 5. The summed E-state index contributed by atoms with van der Waals surface area (Å²) in [5, 5.41) is 7.73. The van der Waals surface area contributed by atoms with Gasteiger partial charge in [-0.05, 0) is 46.6 Å². The number of nitrogens with zero attached hydrogens (tertiary/aromatic N) is 2. The third kappa shape index (κ3) is 3.36. The third-order valence-corrected chi connectivity index (χ3v) is 3.78. The van der Waals surface area contributed by atoms with Crippen LogP contribution < -0.4 is 5.32 Å². The molecule has 2 rings (SSSR count). The third-order valence-electron chi connectivity index (χ3n) is 2.63. The molecule has 0 aliphatic rings. The summed E-state index contributed by atoms with van der Waals surface area (Å²) in [5.41, 5.74) is 2.29. The highest BCUT2D eigenvalue weighted by molar-refractivity contribution is 9.11. The molecule has 1 aromatic heterocycles. The van der Waals surface area contributed by atoms with E-state index in [0.29, 0.717) is 0 Å². The van der Waals surface area contributed by atoms with Gasteiger partial charge in [0.25, 0.3) is 0 Å². The Hall–Kier alpha value is -0.810. The van der Waals surface area contributed by atoms with Gasteiger partial charge in [0.2, 0.25) is 0 Å². The molecule has 1 heterocycles. The van der Waals surface area contributed by atoms with Crippen LogP contribution in [0.5, 0.6) is 0 Å². The van der Waals surface area contributed by atoms with Crippen molar-refractivity contribution in [3.05, 3.63) is 45.1 Å². The maximum absolute atomic E-state index is 4.31. The van der Waals surface area contributed by atoms with Gasteiger partial charge in [0, 0.05) is 27.4 Å². The van der Waals surface area contributed by atoms with Crippen molar-refractivity contribution in [1.82, 2.24) is 9.78 Å². The second kappa shape index (κ2) is 6.38. The molecule has 3 nitrogen and oxygen atoms in total. The topological polar surface area (TPSA) is 29.9 Å². The van der Waals surface area contributed by atoms with Crippen LogP contribution in [0.3, 0.4) is 0 Å². The summed E-state index contributed by atoms with van der Waals surface area (Å²) in [7, 11) is 0. The molecule has 0 bridgehead atoms. The summed E-state index contributed by atoms with van der Waals surface area (Å²) in [4.78, 5) is 0. The minimum Gasteiger partial charge on any atom is -0.378 e. The van der Waals surface area contributed by atoms with Crippen LogP contribution in [0.15, 0.2) is 39.4 Å². The van der Waals surface area contributed by atoms with Gasteiger partial charge in [0.05, 0.1) is 12.2 Å². The smallest absolute Gasteiger partial charge is 0.0575 e. The van der Waals surface area contributed by atoms with Crippen molar-refractivity contribution in [3.8, 4) is 0 Å². The zero-order chi connectivity index (χ0) is 13.0. The summed E-state index contributed by atoms with van der Waals surface area (Å²) < 4.78 is 4.16. The maximum atomic E-state index is 4.31. The van der Waals surface area contributed by atoms with Gasteiger partial charge >= 0.3 is 0 Å². The fraction of sp³-hybridized carbons (Fsp3) is 0.308. The Labute approximate surface area is 124 Å². The molecule has 0 fully saturated rings. The molecule has 0 saturated carbocycles. The summed E-state index contributed by atoms with van der Waals surface area (Å²) in [5.74, 6) is 0. The van der Waals surface area contributed by atoms with Gasteiger partial charge in [0.15, 0.2) is 0 Å². The number of aryl methyl sites for hydroxylation is 1. The van der Waals surface area contributed by atoms with Gasteiger partial charge in [-0.1, -0.05) is 22.9 Å². The predicted octanol–water partition coefficient (Wildman–Crippen LogP) is 4.43. The number of anilines is 1. The largest absolute Gasteiger partial charge is 0.378 e. The van der Waals surface area contributed by atoms with E-state index in [9.17, 15) is 0 Å². The normalized spacial score (nSPS) is 10.6. The SMILES string of the molecule is CCCn1nccc1CNc1ccc(Br)cc1Br. The standard InChI is InChI=1S/C13H15Br2N3/c1-2-7-18-11(5-6-17-18)9-16-13-4-3-10(14)8-12(13)15/h3-6,8,16H,2,7,9H2,1H3. The predicted molar refractivity (Wildman–Crippen MR) is 81.7 cm³/mol. The van der Waals surface area contributed by atoms with Crippen LogP contribution in [0.1, 0.15) is 19.0 Å². The van der Waals surface area contributed by atoms with Crippen molar-refractivity contribution >= 4 is 37.5 Å². The van der Waals surface area contributed by atoms with E-state index < -0.39 is 0 Å². The minimum absolute atomic E-state index is 0.778. The van der Waals surface area contributed by atoms with Crippen LogP contribution in [0.4, 0.5) is 5.69 Å². The average Bonchev–Trinajstić information content (AvgIpc) is 2.76. The first-order valence-electron chi connectivity index (χ1n) is 5.90. The van der Waals surface area contributed by atoms with Crippen LogP contribution in [-0.2, 0) is 13.1 Å². The fourth-order valence-corrected chi connectivity index (χ4v) is 2.93. The number of hydrogen-bond acceptors (Lipinski definition) is 2. The average molecular weight is 373 g/mol. The first kappa shape index (κ1) is 13.6. The number of nitrogens with one attached hydrogen (secondary N) is 1. The van der Waals surface area contributed by atoms with Gasteiger partial charge in [-0.25, -0.2) is 0 Å². The monoisotopic (exact) mass is 371 g/mol. The Morgan fingerprint density at radius 2 is 2.11 bits per heavy atom. The maximum Gasteiger partial charge on any atom is 0.0575 e. The van der Waals surface area contributed by atoms with E-state index >= 15 is 0 Å². The first-order chi connectivity index (χ1) is 8.70. The van der Waals surface area contributed by atoms with Crippen molar-refractivity contribution in [3.63, 3.8) is 0 Å². The van der Waals surface area contributed by atoms with Crippen molar-refractivity contribution in [1.29, 1.82) is 0 Å².